The molecule has 1 N–H and O–H groups in total. The number of amides is 1. The van der Waals surface area contributed by atoms with Gasteiger partial charge in [0.15, 0.2) is 12.7 Å². The van der Waals surface area contributed by atoms with Gasteiger partial charge in [0, 0.05) is 12.1 Å². The van der Waals surface area contributed by atoms with Crippen LogP contribution in [0, 0.1) is 0 Å². The van der Waals surface area contributed by atoms with Crippen LogP contribution in [0.2, 0.25) is 0 Å². The molecule has 0 unspecified atom stereocenters. The highest BCUT2D eigenvalue weighted by molar-refractivity contribution is 5.95. The van der Waals surface area contributed by atoms with Crippen molar-refractivity contribution < 1.29 is 19.1 Å². The van der Waals surface area contributed by atoms with Crippen LogP contribution in [0.5, 0.6) is 5.75 Å². The molecular formula is C24H23NO4. The van der Waals surface area contributed by atoms with E-state index < -0.39 is 18.0 Å². The summed E-state index contributed by atoms with van der Waals surface area (Å²) in [6.45, 7) is 1.26. The Morgan fingerprint density at radius 1 is 0.862 bits per heavy atom. The third kappa shape index (κ3) is 6.21. The molecule has 0 heterocycles. The van der Waals surface area contributed by atoms with E-state index in [9.17, 15) is 9.59 Å². The van der Waals surface area contributed by atoms with Crippen LogP contribution >= 0.6 is 0 Å². The number of benzene rings is 3. The number of anilines is 1. The number of hydrogen-bond acceptors (Lipinski definition) is 4. The minimum Gasteiger partial charge on any atom is -0.482 e. The molecule has 5 nitrogen and oxygen atoms in total. The number of rotatable bonds is 8. The zero-order valence-electron chi connectivity index (χ0n) is 16.2. The summed E-state index contributed by atoms with van der Waals surface area (Å²) in [5, 5.41) is 2.70. The Morgan fingerprint density at radius 3 is 2.21 bits per heavy atom. The lowest BCUT2D eigenvalue weighted by Crippen LogP contribution is -2.31. The van der Waals surface area contributed by atoms with E-state index in [2.05, 4.69) is 5.32 Å². The molecule has 0 aliphatic carbocycles. The molecule has 0 saturated carbocycles. The van der Waals surface area contributed by atoms with Gasteiger partial charge in [0.2, 0.25) is 0 Å². The smallest absolute Gasteiger partial charge is 0.344 e. The van der Waals surface area contributed by atoms with Gasteiger partial charge in [-0.2, -0.15) is 0 Å². The van der Waals surface area contributed by atoms with Crippen LogP contribution in [-0.4, -0.2) is 24.6 Å². The van der Waals surface area contributed by atoms with Crippen molar-refractivity contribution in [1.29, 1.82) is 0 Å². The van der Waals surface area contributed by atoms with E-state index in [0.717, 1.165) is 11.1 Å². The van der Waals surface area contributed by atoms with Crippen LogP contribution in [0.1, 0.15) is 18.1 Å². The van der Waals surface area contributed by atoms with Gasteiger partial charge in [0.25, 0.3) is 5.91 Å². The predicted octanol–water partition coefficient (Wildman–Crippen LogP) is 4.23. The van der Waals surface area contributed by atoms with Gasteiger partial charge < -0.3 is 14.8 Å². The number of carbonyl (C=O) groups is 2. The van der Waals surface area contributed by atoms with Crippen molar-refractivity contribution in [3.05, 3.63) is 96.1 Å². The summed E-state index contributed by atoms with van der Waals surface area (Å²) in [7, 11) is 0. The highest BCUT2D eigenvalue weighted by Crippen LogP contribution is 2.21. The number of esters is 1. The van der Waals surface area contributed by atoms with Gasteiger partial charge in [-0.15, -0.1) is 0 Å². The average molecular weight is 389 g/mol. The van der Waals surface area contributed by atoms with E-state index in [4.69, 9.17) is 9.47 Å². The first-order valence-corrected chi connectivity index (χ1v) is 9.42. The predicted molar refractivity (Wildman–Crippen MR) is 112 cm³/mol. The van der Waals surface area contributed by atoms with Crippen molar-refractivity contribution in [2.45, 2.75) is 19.4 Å². The van der Waals surface area contributed by atoms with Crippen LogP contribution in [-0.2, 0) is 20.7 Å². The summed E-state index contributed by atoms with van der Waals surface area (Å²) in [5.41, 5.74) is 2.77. The van der Waals surface area contributed by atoms with E-state index in [-0.39, 0.29) is 6.61 Å². The number of hydrogen-bond donors (Lipinski definition) is 1. The summed E-state index contributed by atoms with van der Waals surface area (Å²) >= 11 is 0. The Balaban J connectivity index is 1.52. The Bertz CT molecular complexity index is 941. The summed E-state index contributed by atoms with van der Waals surface area (Å²) in [6, 6.07) is 26.6. The maximum Gasteiger partial charge on any atom is 0.344 e. The fourth-order valence-electron chi connectivity index (χ4n) is 2.79. The summed E-state index contributed by atoms with van der Waals surface area (Å²) in [5.74, 6) is -0.376. The van der Waals surface area contributed by atoms with Crippen molar-refractivity contribution >= 4 is 17.6 Å². The monoisotopic (exact) mass is 389 g/mol. The molecule has 3 rings (SSSR count). The van der Waals surface area contributed by atoms with Crippen molar-refractivity contribution in [2.24, 2.45) is 0 Å². The SMILES string of the molecule is C[C@H](OC(=O)COc1ccccc1Cc1ccccc1)C(=O)Nc1ccccc1. The van der Waals surface area contributed by atoms with Crippen molar-refractivity contribution in [1.82, 2.24) is 0 Å². The summed E-state index contributed by atoms with van der Waals surface area (Å²) in [4.78, 5) is 24.3. The second kappa shape index (κ2) is 10.1. The fraction of sp³-hybridized carbons (Fsp3) is 0.167. The number of para-hydroxylation sites is 2. The van der Waals surface area contributed by atoms with Crippen molar-refractivity contribution in [3.63, 3.8) is 0 Å². The lowest BCUT2D eigenvalue weighted by molar-refractivity contribution is -0.155. The van der Waals surface area contributed by atoms with Crippen molar-refractivity contribution in [2.75, 3.05) is 11.9 Å². The average Bonchev–Trinajstić information content (AvgIpc) is 2.74. The molecule has 29 heavy (non-hydrogen) atoms. The molecule has 0 bridgehead atoms. The van der Waals surface area contributed by atoms with E-state index in [1.165, 1.54) is 6.92 Å². The van der Waals surface area contributed by atoms with E-state index in [0.29, 0.717) is 17.9 Å². The molecule has 0 aliphatic rings. The molecule has 0 saturated heterocycles. The van der Waals surface area contributed by atoms with Gasteiger partial charge in [0.1, 0.15) is 5.75 Å². The number of nitrogens with one attached hydrogen (secondary N) is 1. The highest BCUT2D eigenvalue weighted by atomic mass is 16.6. The fourth-order valence-corrected chi connectivity index (χ4v) is 2.79. The third-order valence-electron chi connectivity index (χ3n) is 4.27. The van der Waals surface area contributed by atoms with Gasteiger partial charge in [-0.25, -0.2) is 4.79 Å². The second-order valence-electron chi connectivity index (χ2n) is 6.55. The molecule has 3 aromatic rings. The normalized spacial score (nSPS) is 11.3. The molecule has 5 heteroatoms. The van der Waals surface area contributed by atoms with Gasteiger partial charge >= 0.3 is 5.97 Å². The highest BCUT2D eigenvalue weighted by Gasteiger charge is 2.18. The lowest BCUT2D eigenvalue weighted by Gasteiger charge is -2.15. The zero-order chi connectivity index (χ0) is 20.5. The first kappa shape index (κ1) is 20.1. The van der Waals surface area contributed by atoms with Gasteiger partial charge in [-0.1, -0.05) is 66.7 Å². The molecule has 1 atom stereocenters. The maximum absolute atomic E-state index is 12.2. The van der Waals surface area contributed by atoms with Crippen molar-refractivity contribution in [3.8, 4) is 5.75 Å². The molecule has 0 fully saturated rings. The second-order valence-corrected chi connectivity index (χ2v) is 6.55. The quantitative estimate of drug-likeness (QED) is 0.586. The molecular weight excluding hydrogens is 366 g/mol. The van der Waals surface area contributed by atoms with Crippen LogP contribution in [0.25, 0.3) is 0 Å². The molecule has 1 amide bonds. The molecule has 0 aliphatic heterocycles. The van der Waals surface area contributed by atoms with E-state index >= 15 is 0 Å². The molecule has 0 aromatic heterocycles. The van der Waals surface area contributed by atoms with E-state index in [1.807, 2.05) is 72.8 Å². The lowest BCUT2D eigenvalue weighted by atomic mass is 10.0. The Hall–Kier alpha value is -3.60. The molecule has 3 aromatic carbocycles. The van der Waals surface area contributed by atoms with Crippen LogP contribution in [0.15, 0.2) is 84.9 Å². The van der Waals surface area contributed by atoms with Gasteiger partial charge in [-0.3, -0.25) is 4.79 Å². The summed E-state index contributed by atoms with van der Waals surface area (Å²) < 4.78 is 10.9. The first-order valence-electron chi connectivity index (χ1n) is 9.42. The standard InChI is InChI=1S/C24H23NO4/c1-18(24(27)25-21-13-6-3-7-14-21)29-23(26)17-28-22-15-9-8-12-20(22)16-19-10-4-2-5-11-19/h2-15,18H,16-17H2,1H3,(H,25,27)/t18-/m0/s1. The minimum atomic E-state index is -0.925. The van der Waals surface area contributed by atoms with E-state index in [1.54, 1.807) is 12.1 Å². The van der Waals surface area contributed by atoms with Crippen LogP contribution in [0.3, 0.4) is 0 Å². The molecule has 0 spiro atoms. The first-order chi connectivity index (χ1) is 14.1. The molecule has 0 radical (unpaired) electrons. The largest absolute Gasteiger partial charge is 0.482 e. The van der Waals surface area contributed by atoms with Crippen LogP contribution < -0.4 is 10.1 Å². The minimum absolute atomic E-state index is 0.269. The van der Waals surface area contributed by atoms with Gasteiger partial charge in [0.05, 0.1) is 0 Å². The van der Waals surface area contributed by atoms with Crippen LogP contribution in [0.4, 0.5) is 5.69 Å². The Kier molecular flexibility index (Phi) is 7.00. The third-order valence-corrected chi connectivity index (χ3v) is 4.27. The number of carbonyl (C=O) groups excluding carboxylic acids is 2. The Labute approximate surface area is 170 Å². The topological polar surface area (TPSA) is 64.6 Å². The summed E-state index contributed by atoms with van der Waals surface area (Å²) in [6.07, 6.45) is -0.229. The Morgan fingerprint density at radius 2 is 1.48 bits per heavy atom. The molecule has 148 valence electrons. The van der Waals surface area contributed by atoms with Gasteiger partial charge in [-0.05, 0) is 36.2 Å². The zero-order valence-corrected chi connectivity index (χ0v) is 16.2. The maximum atomic E-state index is 12.2. The number of ether oxygens (including phenoxy) is 2.